The molecule has 1 rings (SSSR count). The van der Waals surface area contributed by atoms with E-state index in [0.29, 0.717) is 12.1 Å². The molecule has 4 nitrogen and oxygen atoms in total. The Morgan fingerprint density at radius 3 is 2.69 bits per heavy atom. The summed E-state index contributed by atoms with van der Waals surface area (Å²) in [6.07, 6.45) is 1.46. The van der Waals surface area contributed by atoms with Crippen LogP contribution >= 0.6 is 0 Å². The maximum atomic E-state index is 9.50. The van der Waals surface area contributed by atoms with Crippen LogP contribution in [0.2, 0.25) is 0 Å². The van der Waals surface area contributed by atoms with E-state index in [2.05, 4.69) is 31.0 Å². The minimum atomic E-state index is -0.212. The second-order valence-corrected chi connectivity index (χ2v) is 5.40. The molecule has 0 aromatic carbocycles. The second kappa shape index (κ2) is 5.96. The van der Waals surface area contributed by atoms with Crippen molar-refractivity contribution in [2.24, 2.45) is 0 Å². The summed E-state index contributed by atoms with van der Waals surface area (Å²) >= 11 is 0. The van der Waals surface area contributed by atoms with Gasteiger partial charge in [-0.05, 0) is 13.3 Å². The first-order valence-electron chi connectivity index (χ1n) is 6.13. The molecule has 0 spiro atoms. The molecular weight excluding hydrogens is 204 g/mol. The molecule has 0 saturated carbocycles. The predicted octanol–water partition coefficient (Wildman–Crippen LogP) is 0.456. The van der Waals surface area contributed by atoms with Gasteiger partial charge in [0.25, 0.3) is 0 Å². The largest absolute Gasteiger partial charge is 0.394 e. The zero-order valence-corrected chi connectivity index (χ0v) is 11.0. The van der Waals surface area contributed by atoms with E-state index in [0.717, 1.165) is 26.1 Å². The summed E-state index contributed by atoms with van der Waals surface area (Å²) in [6.45, 7) is 9.37. The minimum Gasteiger partial charge on any atom is -0.394 e. The molecule has 0 aliphatic carbocycles. The smallest absolute Gasteiger partial charge is 0.0710 e. The number of nitrogens with one attached hydrogen (secondary N) is 1. The topological polar surface area (TPSA) is 44.7 Å². The highest BCUT2D eigenvalue weighted by molar-refractivity contribution is 4.90. The molecule has 0 bridgehead atoms. The van der Waals surface area contributed by atoms with Gasteiger partial charge in [0.05, 0.1) is 18.2 Å². The Morgan fingerprint density at radius 2 is 2.25 bits per heavy atom. The lowest BCUT2D eigenvalue weighted by atomic mass is 10.0. The molecular formula is C12H26N2O2. The molecule has 0 amide bonds. The number of hydrogen-bond donors (Lipinski definition) is 2. The number of likely N-dealkylation sites (tertiary alicyclic amines) is 1. The van der Waals surface area contributed by atoms with E-state index >= 15 is 0 Å². The molecule has 4 heteroatoms. The summed E-state index contributed by atoms with van der Waals surface area (Å²) in [7, 11) is 1.77. The number of ether oxygens (including phenoxy) is 1. The number of nitrogens with zero attached hydrogens (tertiary/aromatic N) is 1. The Balaban J connectivity index is 2.44. The van der Waals surface area contributed by atoms with Gasteiger partial charge >= 0.3 is 0 Å². The van der Waals surface area contributed by atoms with Gasteiger partial charge in [-0.25, -0.2) is 0 Å². The lowest BCUT2D eigenvalue weighted by Gasteiger charge is -2.35. The molecule has 1 fully saturated rings. The van der Waals surface area contributed by atoms with Crippen molar-refractivity contribution in [1.82, 2.24) is 10.2 Å². The second-order valence-electron chi connectivity index (χ2n) is 5.40. The Morgan fingerprint density at radius 1 is 1.56 bits per heavy atom. The van der Waals surface area contributed by atoms with Crippen LogP contribution in [0.1, 0.15) is 27.2 Å². The van der Waals surface area contributed by atoms with Gasteiger partial charge < -0.3 is 15.2 Å². The highest BCUT2D eigenvalue weighted by Crippen LogP contribution is 2.16. The van der Waals surface area contributed by atoms with Gasteiger partial charge in [0.15, 0.2) is 0 Å². The quantitative estimate of drug-likeness (QED) is 0.696. The first-order valence-corrected chi connectivity index (χ1v) is 6.13. The first kappa shape index (κ1) is 13.9. The molecule has 2 N–H and O–H groups in total. The molecule has 1 heterocycles. The van der Waals surface area contributed by atoms with Crippen molar-refractivity contribution in [2.75, 3.05) is 33.4 Å². The van der Waals surface area contributed by atoms with Crippen molar-refractivity contribution in [3.05, 3.63) is 0 Å². The van der Waals surface area contributed by atoms with Crippen LogP contribution in [0.25, 0.3) is 0 Å². The number of methoxy groups -OCH3 is 1. The highest BCUT2D eigenvalue weighted by atomic mass is 16.5. The van der Waals surface area contributed by atoms with Gasteiger partial charge in [0, 0.05) is 32.8 Å². The molecule has 1 aliphatic rings. The third kappa shape index (κ3) is 4.01. The highest BCUT2D eigenvalue weighted by Gasteiger charge is 2.30. The SMILES string of the molecule is COC1CCN(CC(C)(CO)NC(C)C)C1. The number of aliphatic hydroxyl groups excluding tert-OH is 1. The lowest BCUT2D eigenvalue weighted by Crippen LogP contribution is -2.56. The van der Waals surface area contributed by atoms with E-state index in [1.165, 1.54) is 0 Å². The standard InChI is InChI=1S/C12H26N2O2/c1-10(2)13-12(3,9-15)8-14-6-5-11(7-14)16-4/h10-11,13,15H,5-9H2,1-4H3. The van der Waals surface area contributed by atoms with Crippen LogP contribution in [0.15, 0.2) is 0 Å². The van der Waals surface area contributed by atoms with Gasteiger partial charge in [0.2, 0.25) is 0 Å². The lowest BCUT2D eigenvalue weighted by molar-refractivity contribution is 0.0906. The van der Waals surface area contributed by atoms with Crippen LogP contribution in [-0.4, -0.2) is 61.0 Å². The third-order valence-corrected chi connectivity index (χ3v) is 3.12. The molecule has 96 valence electrons. The molecule has 1 saturated heterocycles. The zero-order chi connectivity index (χ0) is 12.2. The minimum absolute atomic E-state index is 0.166. The Labute approximate surface area is 99.0 Å². The summed E-state index contributed by atoms with van der Waals surface area (Å²) < 4.78 is 5.35. The first-order chi connectivity index (χ1) is 7.49. The summed E-state index contributed by atoms with van der Waals surface area (Å²) in [5.41, 5.74) is -0.212. The van der Waals surface area contributed by atoms with Crippen LogP contribution in [0.3, 0.4) is 0 Å². The number of rotatable bonds is 6. The molecule has 0 aromatic heterocycles. The molecule has 16 heavy (non-hydrogen) atoms. The van der Waals surface area contributed by atoms with Crippen molar-refractivity contribution in [3.8, 4) is 0 Å². The van der Waals surface area contributed by atoms with Crippen molar-refractivity contribution in [3.63, 3.8) is 0 Å². The predicted molar refractivity (Wildman–Crippen MR) is 65.6 cm³/mol. The third-order valence-electron chi connectivity index (χ3n) is 3.12. The molecule has 1 aliphatic heterocycles. The van der Waals surface area contributed by atoms with E-state index in [1.54, 1.807) is 7.11 Å². The van der Waals surface area contributed by atoms with Crippen molar-refractivity contribution in [1.29, 1.82) is 0 Å². The van der Waals surface area contributed by atoms with E-state index in [1.807, 2.05) is 0 Å². The fraction of sp³-hybridized carbons (Fsp3) is 1.00. The average Bonchev–Trinajstić information content (AvgIpc) is 2.64. The van der Waals surface area contributed by atoms with Gasteiger partial charge in [-0.3, -0.25) is 4.90 Å². The van der Waals surface area contributed by atoms with Gasteiger partial charge in [-0.15, -0.1) is 0 Å². The fourth-order valence-electron chi connectivity index (χ4n) is 2.46. The Bertz CT molecular complexity index is 211. The Kier molecular flexibility index (Phi) is 5.18. The van der Waals surface area contributed by atoms with E-state index in [9.17, 15) is 5.11 Å². The van der Waals surface area contributed by atoms with Crippen LogP contribution in [0, 0.1) is 0 Å². The molecule has 0 aromatic rings. The van der Waals surface area contributed by atoms with Crippen LogP contribution in [0.4, 0.5) is 0 Å². The molecule has 2 atom stereocenters. The van der Waals surface area contributed by atoms with Crippen molar-refractivity contribution < 1.29 is 9.84 Å². The van der Waals surface area contributed by atoms with Gasteiger partial charge in [0.1, 0.15) is 0 Å². The molecule has 0 radical (unpaired) electrons. The van der Waals surface area contributed by atoms with E-state index in [4.69, 9.17) is 4.74 Å². The maximum absolute atomic E-state index is 9.50. The maximum Gasteiger partial charge on any atom is 0.0710 e. The summed E-state index contributed by atoms with van der Waals surface area (Å²) in [5.74, 6) is 0. The summed E-state index contributed by atoms with van der Waals surface area (Å²) in [4.78, 5) is 2.36. The average molecular weight is 230 g/mol. The van der Waals surface area contributed by atoms with Crippen LogP contribution in [-0.2, 0) is 4.74 Å². The van der Waals surface area contributed by atoms with Crippen LogP contribution < -0.4 is 5.32 Å². The van der Waals surface area contributed by atoms with Crippen molar-refractivity contribution in [2.45, 2.75) is 44.9 Å². The fourth-order valence-corrected chi connectivity index (χ4v) is 2.46. The van der Waals surface area contributed by atoms with E-state index in [-0.39, 0.29) is 12.1 Å². The Hall–Kier alpha value is -0.160. The summed E-state index contributed by atoms with van der Waals surface area (Å²) in [6, 6.07) is 0.387. The monoisotopic (exact) mass is 230 g/mol. The van der Waals surface area contributed by atoms with E-state index < -0.39 is 0 Å². The normalized spacial score (nSPS) is 26.2. The summed E-state index contributed by atoms with van der Waals surface area (Å²) in [5, 5.41) is 12.9. The van der Waals surface area contributed by atoms with Crippen molar-refractivity contribution >= 4 is 0 Å². The van der Waals surface area contributed by atoms with Gasteiger partial charge in [-0.1, -0.05) is 13.8 Å². The molecule has 2 unspecified atom stereocenters. The van der Waals surface area contributed by atoms with Gasteiger partial charge in [-0.2, -0.15) is 0 Å². The number of aliphatic hydroxyl groups is 1. The number of hydrogen-bond acceptors (Lipinski definition) is 4. The van der Waals surface area contributed by atoms with Crippen LogP contribution in [0.5, 0.6) is 0 Å². The zero-order valence-electron chi connectivity index (χ0n) is 11.0.